The van der Waals surface area contributed by atoms with Gasteiger partial charge < -0.3 is 14.5 Å². The van der Waals surface area contributed by atoms with Crippen LogP contribution >= 0.6 is 0 Å². The van der Waals surface area contributed by atoms with Crippen molar-refractivity contribution in [3.63, 3.8) is 0 Å². The van der Waals surface area contributed by atoms with E-state index < -0.39 is 0 Å². The number of hydrogen-bond acceptors (Lipinski definition) is 3. The molecule has 2 aromatic rings. The molecule has 0 atom stereocenters. The standard InChI is InChI=1S/C18H23NO3/c1-14(2)10-13-22-17-7-5-15(6-8-17)18(20)19-11-9-16-4-3-12-21-16/h3-8,12,14H,9-11,13H2,1-2H3,(H,19,20). The van der Waals surface area contributed by atoms with E-state index in [0.717, 1.165) is 17.9 Å². The number of furan rings is 1. The maximum Gasteiger partial charge on any atom is 0.251 e. The first-order chi connectivity index (χ1) is 10.6. The van der Waals surface area contributed by atoms with Crippen LogP contribution in [0.4, 0.5) is 0 Å². The van der Waals surface area contributed by atoms with Gasteiger partial charge in [-0.15, -0.1) is 0 Å². The van der Waals surface area contributed by atoms with Crippen LogP contribution in [0.25, 0.3) is 0 Å². The van der Waals surface area contributed by atoms with E-state index in [1.165, 1.54) is 0 Å². The Bertz CT molecular complexity index is 559. The van der Waals surface area contributed by atoms with E-state index in [0.29, 0.717) is 31.1 Å². The van der Waals surface area contributed by atoms with Gasteiger partial charge in [-0.2, -0.15) is 0 Å². The van der Waals surface area contributed by atoms with E-state index in [1.807, 2.05) is 24.3 Å². The fourth-order valence-corrected chi connectivity index (χ4v) is 1.97. The number of amides is 1. The van der Waals surface area contributed by atoms with Crippen molar-refractivity contribution in [1.29, 1.82) is 0 Å². The molecule has 1 amide bonds. The highest BCUT2D eigenvalue weighted by Gasteiger charge is 2.06. The topological polar surface area (TPSA) is 51.5 Å². The Hall–Kier alpha value is -2.23. The summed E-state index contributed by atoms with van der Waals surface area (Å²) in [6, 6.07) is 11.0. The van der Waals surface area contributed by atoms with Crippen LogP contribution in [0.1, 0.15) is 36.4 Å². The quantitative estimate of drug-likeness (QED) is 0.809. The van der Waals surface area contributed by atoms with Crippen molar-refractivity contribution in [1.82, 2.24) is 5.32 Å². The molecule has 0 unspecified atom stereocenters. The molecule has 0 saturated heterocycles. The lowest BCUT2D eigenvalue weighted by molar-refractivity contribution is 0.0953. The van der Waals surface area contributed by atoms with Crippen LogP contribution in [0, 0.1) is 5.92 Å². The fraction of sp³-hybridized carbons (Fsp3) is 0.389. The van der Waals surface area contributed by atoms with Gasteiger partial charge in [-0.25, -0.2) is 0 Å². The minimum absolute atomic E-state index is 0.0831. The average molecular weight is 301 g/mol. The van der Waals surface area contributed by atoms with E-state index in [1.54, 1.807) is 18.4 Å². The molecule has 2 rings (SSSR count). The van der Waals surface area contributed by atoms with Gasteiger partial charge in [-0.1, -0.05) is 13.8 Å². The normalized spacial score (nSPS) is 10.7. The van der Waals surface area contributed by atoms with Gasteiger partial charge in [0.15, 0.2) is 0 Å². The van der Waals surface area contributed by atoms with E-state index in [-0.39, 0.29) is 5.91 Å². The first-order valence-corrected chi connectivity index (χ1v) is 7.68. The van der Waals surface area contributed by atoms with E-state index in [4.69, 9.17) is 9.15 Å². The molecule has 0 aliphatic carbocycles. The zero-order chi connectivity index (χ0) is 15.8. The molecular weight excluding hydrogens is 278 g/mol. The summed E-state index contributed by atoms with van der Waals surface area (Å²) in [5.74, 6) is 2.21. The molecule has 0 radical (unpaired) electrons. The second-order valence-electron chi connectivity index (χ2n) is 5.64. The zero-order valence-electron chi connectivity index (χ0n) is 13.2. The van der Waals surface area contributed by atoms with Crippen LogP contribution < -0.4 is 10.1 Å². The van der Waals surface area contributed by atoms with Gasteiger partial charge in [0.2, 0.25) is 0 Å². The zero-order valence-corrected chi connectivity index (χ0v) is 13.2. The second kappa shape index (κ2) is 8.27. The summed E-state index contributed by atoms with van der Waals surface area (Å²) >= 11 is 0. The molecule has 4 nitrogen and oxygen atoms in total. The molecule has 0 bridgehead atoms. The minimum Gasteiger partial charge on any atom is -0.494 e. The maximum atomic E-state index is 12.0. The first kappa shape index (κ1) is 16.1. The molecule has 0 aliphatic heterocycles. The van der Waals surface area contributed by atoms with Crippen LogP contribution in [0.2, 0.25) is 0 Å². The Morgan fingerprint density at radius 2 is 2.00 bits per heavy atom. The second-order valence-corrected chi connectivity index (χ2v) is 5.64. The lowest BCUT2D eigenvalue weighted by Crippen LogP contribution is -2.25. The lowest BCUT2D eigenvalue weighted by atomic mass is 10.1. The third-order valence-electron chi connectivity index (χ3n) is 3.32. The fourth-order valence-electron chi connectivity index (χ4n) is 1.97. The Kier molecular flexibility index (Phi) is 6.07. The number of nitrogens with one attached hydrogen (secondary N) is 1. The lowest BCUT2D eigenvalue weighted by Gasteiger charge is -2.09. The van der Waals surface area contributed by atoms with Crippen molar-refractivity contribution >= 4 is 5.91 Å². The maximum absolute atomic E-state index is 12.0. The summed E-state index contributed by atoms with van der Waals surface area (Å²) in [4.78, 5) is 12.0. The number of ether oxygens (including phenoxy) is 1. The van der Waals surface area contributed by atoms with Crippen LogP contribution in [0.5, 0.6) is 5.75 Å². The number of carbonyl (C=O) groups is 1. The smallest absolute Gasteiger partial charge is 0.251 e. The molecule has 1 aromatic heterocycles. The van der Waals surface area contributed by atoms with Crippen molar-refractivity contribution in [2.45, 2.75) is 26.7 Å². The van der Waals surface area contributed by atoms with Crippen LogP contribution in [0.15, 0.2) is 47.1 Å². The Balaban J connectivity index is 1.75. The third kappa shape index (κ3) is 5.28. The van der Waals surface area contributed by atoms with Crippen LogP contribution in [0.3, 0.4) is 0 Å². The predicted molar refractivity (Wildman–Crippen MR) is 86.1 cm³/mol. The summed E-state index contributed by atoms with van der Waals surface area (Å²) in [7, 11) is 0. The first-order valence-electron chi connectivity index (χ1n) is 7.68. The monoisotopic (exact) mass is 301 g/mol. The molecule has 1 aromatic carbocycles. The largest absolute Gasteiger partial charge is 0.494 e. The van der Waals surface area contributed by atoms with Crippen molar-refractivity contribution in [2.24, 2.45) is 5.92 Å². The van der Waals surface area contributed by atoms with Gasteiger partial charge in [0, 0.05) is 18.5 Å². The molecule has 0 aliphatic rings. The molecule has 0 saturated carbocycles. The number of rotatable bonds is 8. The van der Waals surface area contributed by atoms with Crippen molar-refractivity contribution in [3.05, 3.63) is 54.0 Å². The van der Waals surface area contributed by atoms with E-state index >= 15 is 0 Å². The highest BCUT2D eigenvalue weighted by Crippen LogP contribution is 2.13. The molecule has 0 fully saturated rings. The number of hydrogen-bond donors (Lipinski definition) is 1. The number of benzene rings is 1. The van der Waals surface area contributed by atoms with Gasteiger partial charge in [0.05, 0.1) is 12.9 Å². The Morgan fingerprint density at radius 3 is 2.64 bits per heavy atom. The van der Waals surface area contributed by atoms with E-state index in [2.05, 4.69) is 19.2 Å². The summed E-state index contributed by atoms with van der Waals surface area (Å²) in [5.41, 5.74) is 0.635. The van der Waals surface area contributed by atoms with Crippen molar-refractivity contribution < 1.29 is 13.9 Å². The van der Waals surface area contributed by atoms with E-state index in [9.17, 15) is 4.79 Å². The summed E-state index contributed by atoms with van der Waals surface area (Å²) in [5, 5.41) is 2.88. The van der Waals surface area contributed by atoms with Crippen molar-refractivity contribution in [3.8, 4) is 5.75 Å². The van der Waals surface area contributed by atoms with Crippen LogP contribution in [-0.2, 0) is 6.42 Å². The molecule has 118 valence electrons. The molecule has 0 spiro atoms. The Labute approximate surface area is 131 Å². The summed E-state index contributed by atoms with van der Waals surface area (Å²) < 4.78 is 10.9. The Morgan fingerprint density at radius 1 is 1.23 bits per heavy atom. The summed E-state index contributed by atoms with van der Waals surface area (Å²) in [6.45, 7) is 5.59. The van der Waals surface area contributed by atoms with Gasteiger partial charge in [0.1, 0.15) is 11.5 Å². The highest BCUT2D eigenvalue weighted by molar-refractivity contribution is 5.94. The molecule has 4 heteroatoms. The highest BCUT2D eigenvalue weighted by atomic mass is 16.5. The van der Waals surface area contributed by atoms with Gasteiger partial charge in [-0.3, -0.25) is 4.79 Å². The predicted octanol–water partition coefficient (Wildman–Crippen LogP) is 3.68. The molecule has 1 heterocycles. The third-order valence-corrected chi connectivity index (χ3v) is 3.32. The minimum atomic E-state index is -0.0831. The average Bonchev–Trinajstić information content (AvgIpc) is 3.01. The molecular formula is C18H23NO3. The number of carbonyl (C=O) groups excluding carboxylic acids is 1. The SMILES string of the molecule is CC(C)CCOc1ccc(C(=O)NCCc2ccco2)cc1. The van der Waals surface area contributed by atoms with Gasteiger partial charge in [0.25, 0.3) is 5.91 Å². The van der Waals surface area contributed by atoms with Gasteiger partial charge in [-0.05, 0) is 48.7 Å². The molecule has 1 N–H and O–H groups in total. The summed E-state index contributed by atoms with van der Waals surface area (Å²) in [6.07, 6.45) is 3.35. The van der Waals surface area contributed by atoms with Crippen LogP contribution in [-0.4, -0.2) is 19.1 Å². The molecule has 22 heavy (non-hydrogen) atoms. The van der Waals surface area contributed by atoms with Gasteiger partial charge >= 0.3 is 0 Å². The van der Waals surface area contributed by atoms with Crippen molar-refractivity contribution in [2.75, 3.05) is 13.2 Å².